The Hall–Kier alpha value is -3.50. The maximum atomic E-state index is 4.51. The average Bonchev–Trinajstić information content (AvgIpc) is 2.62. The quantitative estimate of drug-likeness (QED) is 0.599. The van der Waals surface area contributed by atoms with Gasteiger partial charge in [0.15, 0.2) is 0 Å². The molecule has 0 saturated heterocycles. The van der Waals surface area contributed by atoms with Crippen molar-refractivity contribution in [2.24, 2.45) is 0 Å². The third-order valence-electron chi connectivity index (χ3n) is 3.19. The molecule has 0 bridgehead atoms. The lowest BCUT2D eigenvalue weighted by atomic mass is 10.2. The molecule has 0 spiro atoms. The maximum absolute atomic E-state index is 4.51. The third kappa shape index (κ3) is 3.82. The van der Waals surface area contributed by atoms with Crippen LogP contribution in [0.1, 0.15) is 34.2 Å². The van der Waals surface area contributed by atoms with Crippen LogP contribution in [0, 0.1) is 37.5 Å². The molecule has 3 heterocycles. The molecule has 4 nitrogen and oxygen atoms in total. The first-order valence-corrected chi connectivity index (χ1v) is 7.44. The molecule has 0 saturated carbocycles. The highest BCUT2D eigenvalue weighted by Crippen LogP contribution is 2.07. The van der Waals surface area contributed by atoms with Gasteiger partial charge in [-0.25, -0.2) is 19.9 Å². The standard InChI is InChI=1S/C20H14N4/c1-15-19(11-9-17-7-3-5-13-21-17)24-16(2)20(23-15)12-10-18-8-4-6-14-22-18/h3-8,13-14H,1-2H3. The number of rotatable bonds is 0. The Balaban J connectivity index is 1.90. The van der Waals surface area contributed by atoms with Crippen LogP contribution < -0.4 is 0 Å². The van der Waals surface area contributed by atoms with Crippen LogP contribution in [-0.2, 0) is 0 Å². The van der Waals surface area contributed by atoms with E-state index in [1.165, 1.54) is 0 Å². The van der Waals surface area contributed by atoms with Crippen LogP contribution in [0.3, 0.4) is 0 Å². The molecule has 0 N–H and O–H groups in total. The molecule has 0 aromatic carbocycles. The van der Waals surface area contributed by atoms with Gasteiger partial charge in [-0.1, -0.05) is 12.1 Å². The molecule has 0 unspecified atom stereocenters. The van der Waals surface area contributed by atoms with Gasteiger partial charge in [0.25, 0.3) is 0 Å². The summed E-state index contributed by atoms with van der Waals surface area (Å²) in [4.78, 5) is 17.4. The van der Waals surface area contributed by atoms with Crippen molar-refractivity contribution < 1.29 is 0 Å². The Morgan fingerprint density at radius 1 is 0.625 bits per heavy atom. The van der Waals surface area contributed by atoms with Crippen molar-refractivity contribution in [2.75, 3.05) is 0 Å². The van der Waals surface area contributed by atoms with Gasteiger partial charge in [0.05, 0.1) is 11.4 Å². The van der Waals surface area contributed by atoms with E-state index in [9.17, 15) is 0 Å². The zero-order valence-electron chi connectivity index (χ0n) is 13.4. The Labute approximate surface area is 141 Å². The van der Waals surface area contributed by atoms with E-state index in [2.05, 4.69) is 43.6 Å². The van der Waals surface area contributed by atoms with Gasteiger partial charge in [0.1, 0.15) is 22.8 Å². The zero-order chi connectivity index (χ0) is 16.8. The van der Waals surface area contributed by atoms with E-state index in [-0.39, 0.29) is 0 Å². The van der Waals surface area contributed by atoms with Gasteiger partial charge in [-0.2, -0.15) is 0 Å². The molecule has 4 heteroatoms. The van der Waals surface area contributed by atoms with Crippen molar-refractivity contribution in [3.63, 3.8) is 0 Å². The molecule has 0 aliphatic carbocycles. The van der Waals surface area contributed by atoms with Crippen molar-refractivity contribution >= 4 is 0 Å². The van der Waals surface area contributed by atoms with Gasteiger partial charge in [-0.3, -0.25) is 0 Å². The van der Waals surface area contributed by atoms with E-state index in [0.29, 0.717) is 22.8 Å². The van der Waals surface area contributed by atoms with E-state index in [4.69, 9.17) is 0 Å². The first kappa shape index (κ1) is 15.4. The zero-order valence-corrected chi connectivity index (χ0v) is 13.4. The highest BCUT2D eigenvalue weighted by Gasteiger charge is 2.04. The second-order valence-electron chi connectivity index (χ2n) is 5.02. The van der Waals surface area contributed by atoms with Crippen LogP contribution in [0.5, 0.6) is 0 Å². The van der Waals surface area contributed by atoms with Gasteiger partial charge in [0, 0.05) is 12.4 Å². The fraction of sp³-hybridized carbons (Fsp3) is 0.100. The number of nitrogens with zero attached hydrogens (tertiary/aromatic N) is 4. The first-order valence-electron chi connectivity index (χ1n) is 7.44. The molecule has 3 aromatic heterocycles. The first-order chi connectivity index (χ1) is 11.7. The number of aryl methyl sites for hydroxylation is 2. The Bertz CT molecular complexity index is 889. The second kappa shape index (κ2) is 7.17. The minimum atomic E-state index is 0.640. The molecule has 3 aromatic rings. The van der Waals surface area contributed by atoms with Gasteiger partial charge >= 0.3 is 0 Å². The lowest BCUT2D eigenvalue weighted by Crippen LogP contribution is -2.00. The van der Waals surface area contributed by atoms with Crippen LogP contribution in [0.25, 0.3) is 0 Å². The fourth-order valence-corrected chi connectivity index (χ4v) is 1.96. The van der Waals surface area contributed by atoms with E-state index < -0.39 is 0 Å². The van der Waals surface area contributed by atoms with Crippen LogP contribution in [0.15, 0.2) is 48.8 Å². The lowest BCUT2D eigenvalue weighted by molar-refractivity contribution is 1.02. The summed E-state index contributed by atoms with van der Waals surface area (Å²) < 4.78 is 0. The molecule has 0 atom stereocenters. The molecule has 3 rings (SSSR count). The van der Waals surface area contributed by atoms with E-state index in [1.54, 1.807) is 12.4 Å². The minimum Gasteiger partial charge on any atom is -0.248 e. The molecule has 0 fully saturated rings. The summed E-state index contributed by atoms with van der Waals surface area (Å²) >= 11 is 0. The van der Waals surface area contributed by atoms with Crippen LogP contribution in [-0.4, -0.2) is 19.9 Å². The van der Waals surface area contributed by atoms with E-state index in [0.717, 1.165) is 11.4 Å². The molecule has 0 amide bonds. The van der Waals surface area contributed by atoms with Crippen molar-refractivity contribution in [1.82, 2.24) is 19.9 Å². The molecule has 0 aliphatic rings. The molecule has 114 valence electrons. The van der Waals surface area contributed by atoms with Gasteiger partial charge < -0.3 is 0 Å². The van der Waals surface area contributed by atoms with Gasteiger partial charge in [-0.05, 0) is 61.8 Å². The smallest absolute Gasteiger partial charge is 0.135 e. The van der Waals surface area contributed by atoms with Crippen molar-refractivity contribution in [2.45, 2.75) is 13.8 Å². The topological polar surface area (TPSA) is 51.6 Å². The highest BCUT2D eigenvalue weighted by molar-refractivity contribution is 5.43. The summed E-state index contributed by atoms with van der Waals surface area (Å²) in [5.41, 5.74) is 4.18. The largest absolute Gasteiger partial charge is 0.248 e. The molecule has 0 aliphatic heterocycles. The monoisotopic (exact) mass is 310 g/mol. The highest BCUT2D eigenvalue weighted by atomic mass is 14.8. The molecule has 24 heavy (non-hydrogen) atoms. The summed E-state index contributed by atoms with van der Waals surface area (Å²) in [7, 11) is 0. The van der Waals surface area contributed by atoms with Crippen molar-refractivity contribution in [1.29, 1.82) is 0 Å². The summed E-state index contributed by atoms with van der Waals surface area (Å²) in [5, 5.41) is 0. The van der Waals surface area contributed by atoms with E-state index >= 15 is 0 Å². The van der Waals surface area contributed by atoms with Gasteiger partial charge in [-0.15, -0.1) is 0 Å². The summed E-state index contributed by atoms with van der Waals surface area (Å²) in [6.07, 6.45) is 3.42. The number of aromatic nitrogens is 4. The summed E-state index contributed by atoms with van der Waals surface area (Å²) in [6, 6.07) is 11.2. The third-order valence-corrected chi connectivity index (χ3v) is 3.19. The molecular weight excluding hydrogens is 296 g/mol. The second-order valence-corrected chi connectivity index (χ2v) is 5.02. The average molecular weight is 310 g/mol. The van der Waals surface area contributed by atoms with Gasteiger partial charge in [0.2, 0.25) is 0 Å². The summed E-state index contributed by atoms with van der Waals surface area (Å²) in [6.45, 7) is 3.75. The van der Waals surface area contributed by atoms with Crippen LogP contribution >= 0.6 is 0 Å². The normalized spacial score (nSPS) is 9.42. The predicted octanol–water partition coefficient (Wildman–Crippen LogP) is 2.68. The van der Waals surface area contributed by atoms with Crippen molar-refractivity contribution in [3.05, 3.63) is 83.0 Å². The Morgan fingerprint density at radius 3 is 1.46 bits per heavy atom. The fourth-order valence-electron chi connectivity index (χ4n) is 1.96. The summed E-state index contributed by atoms with van der Waals surface area (Å²) in [5.74, 6) is 12.0. The Morgan fingerprint density at radius 2 is 1.08 bits per heavy atom. The number of pyridine rings is 2. The number of hydrogen-bond acceptors (Lipinski definition) is 4. The van der Waals surface area contributed by atoms with Crippen molar-refractivity contribution in [3.8, 4) is 23.7 Å². The van der Waals surface area contributed by atoms with Crippen LogP contribution in [0.4, 0.5) is 0 Å². The lowest BCUT2D eigenvalue weighted by Gasteiger charge is -2.01. The minimum absolute atomic E-state index is 0.640. The maximum Gasteiger partial charge on any atom is 0.135 e. The predicted molar refractivity (Wildman–Crippen MR) is 91.9 cm³/mol. The van der Waals surface area contributed by atoms with E-state index in [1.807, 2.05) is 50.2 Å². The number of hydrogen-bond donors (Lipinski definition) is 0. The molecule has 0 radical (unpaired) electrons. The SMILES string of the molecule is Cc1nc(C#Cc2ccccn2)c(C)nc1C#Cc1ccccn1. The molecular formula is C20H14N4. The Kier molecular flexibility index (Phi) is 4.60. The van der Waals surface area contributed by atoms with Crippen LogP contribution in [0.2, 0.25) is 0 Å².